The molecule has 0 saturated carbocycles. The maximum atomic E-state index is 11.0. The van der Waals surface area contributed by atoms with Crippen LogP contribution in [0.4, 0.5) is 0 Å². The van der Waals surface area contributed by atoms with Gasteiger partial charge in [-0.3, -0.25) is 4.79 Å². The highest BCUT2D eigenvalue weighted by Crippen LogP contribution is 2.13. The molecule has 2 rings (SSSR count). The van der Waals surface area contributed by atoms with Crippen molar-refractivity contribution >= 4 is 16.9 Å². The van der Waals surface area contributed by atoms with Crippen molar-refractivity contribution < 1.29 is 9.63 Å². The van der Waals surface area contributed by atoms with Crippen LogP contribution in [0.3, 0.4) is 0 Å². The molecule has 2 aromatic rings. The van der Waals surface area contributed by atoms with Crippen molar-refractivity contribution in [2.45, 2.75) is 6.92 Å². The van der Waals surface area contributed by atoms with Gasteiger partial charge in [-0.2, -0.15) is 4.73 Å². The number of imidazole rings is 1. The van der Waals surface area contributed by atoms with Crippen molar-refractivity contribution in [3.63, 3.8) is 0 Å². The van der Waals surface area contributed by atoms with Crippen LogP contribution in [0, 0.1) is 0 Å². The van der Waals surface area contributed by atoms with Crippen LogP contribution < -0.4 is 10.6 Å². The zero-order valence-electron chi connectivity index (χ0n) is 8.30. The van der Waals surface area contributed by atoms with Crippen LogP contribution in [0.5, 0.6) is 0 Å². The Balaban J connectivity index is 2.56. The number of hydrogen-bond acceptors (Lipinski definition) is 3. The number of carbonyl (C=O) groups excluding carboxylic acids is 1. The van der Waals surface area contributed by atoms with E-state index in [1.165, 1.54) is 4.73 Å². The number of rotatable bonds is 3. The Hall–Kier alpha value is -2.04. The first-order valence-corrected chi connectivity index (χ1v) is 4.62. The summed E-state index contributed by atoms with van der Waals surface area (Å²) in [5, 5.41) is 0. The molecule has 0 fully saturated rings. The summed E-state index contributed by atoms with van der Waals surface area (Å²) in [5.74, 6) is -0.457. The van der Waals surface area contributed by atoms with E-state index in [4.69, 9.17) is 10.6 Å². The normalized spacial score (nSPS) is 10.5. The lowest BCUT2D eigenvalue weighted by Gasteiger charge is -2.04. The third-order valence-electron chi connectivity index (χ3n) is 2.07. The molecule has 1 aromatic carbocycles. The van der Waals surface area contributed by atoms with Crippen LogP contribution in [0.25, 0.3) is 11.0 Å². The highest BCUT2D eigenvalue weighted by Gasteiger charge is 2.06. The fourth-order valence-corrected chi connectivity index (χ4v) is 1.38. The van der Waals surface area contributed by atoms with Gasteiger partial charge in [0.05, 0.1) is 5.52 Å². The number of hydrogen-bond donors (Lipinski definition) is 1. The van der Waals surface area contributed by atoms with Crippen molar-refractivity contribution in [3.8, 4) is 0 Å². The van der Waals surface area contributed by atoms with E-state index in [2.05, 4.69) is 4.98 Å². The van der Waals surface area contributed by atoms with E-state index in [9.17, 15) is 4.79 Å². The van der Waals surface area contributed by atoms with E-state index < -0.39 is 5.91 Å². The van der Waals surface area contributed by atoms with Crippen molar-refractivity contribution in [1.29, 1.82) is 0 Å². The molecule has 15 heavy (non-hydrogen) atoms. The molecule has 0 aliphatic carbocycles. The summed E-state index contributed by atoms with van der Waals surface area (Å²) in [4.78, 5) is 20.4. The molecule has 1 aromatic heterocycles. The minimum atomic E-state index is -0.457. The minimum Gasteiger partial charge on any atom is -0.413 e. The molecule has 0 unspecified atom stereocenters. The van der Waals surface area contributed by atoms with E-state index in [1.807, 2.05) is 6.92 Å². The van der Waals surface area contributed by atoms with Gasteiger partial charge in [0.2, 0.25) is 5.91 Å². The Bertz CT molecular complexity index is 504. The van der Waals surface area contributed by atoms with Gasteiger partial charge in [-0.15, -0.1) is 0 Å². The molecular weight excluding hydrogens is 194 g/mol. The SMILES string of the molecule is CCOn1cnc2ccc(C(N)=O)cc21. The third kappa shape index (κ3) is 1.63. The number of fused-ring (bicyclic) bond motifs is 1. The lowest BCUT2D eigenvalue weighted by Crippen LogP contribution is -2.12. The van der Waals surface area contributed by atoms with Crippen molar-refractivity contribution in [1.82, 2.24) is 9.71 Å². The number of aromatic nitrogens is 2. The standard InChI is InChI=1S/C10H11N3O2/c1-2-15-13-6-12-8-4-3-7(10(11)14)5-9(8)13/h3-6H,2H2,1H3,(H2,11,14). The molecule has 0 saturated heterocycles. The van der Waals surface area contributed by atoms with Crippen molar-refractivity contribution in [2.24, 2.45) is 5.73 Å². The van der Waals surface area contributed by atoms with E-state index in [0.717, 1.165) is 11.0 Å². The first kappa shape index (κ1) is 9.51. The molecule has 0 atom stereocenters. The summed E-state index contributed by atoms with van der Waals surface area (Å²) < 4.78 is 1.53. The number of nitrogens with zero attached hydrogens (tertiary/aromatic N) is 2. The van der Waals surface area contributed by atoms with Crippen LogP contribution in [-0.2, 0) is 0 Å². The van der Waals surface area contributed by atoms with Gasteiger partial charge in [-0.25, -0.2) is 4.98 Å². The van der Waals surface area contributed by atoms with E-state index in [0.29, 0.717) is 12.2 Å². The largest absolute Gasteiger partial charge is 0.413 e. The van der Waals surface area contributed by atoms with Gasteiger partial charge in [0.25, 0.3) is 0 Å². The molecule has 1 amide bonds. The fraction of sp³-hybridized carbons (Fsp3) is 0.200. The lowest BCUT2D eigenvalue weighted by molar-refractivity contribution is 0.1000. The smallest absolute Gasteiger partial charge is 0.248 e. The Kier molecular flexibility index (Phi) is 2.29. The van der Waals surface area contributed by atoms with Gasteiger partial charge >= 0.3 is 0 Å². The zero-order valence-corrected chi connectivity index (χ0v) is 8.30. The van der Waals surface area contributed by atoms with Crippen LogP contribution >= 0.6 is 0 Å². The molecule has 2 N–H and O–H groups in total. The number of amides is 1. The summed E-state index contributed by atoms with van der Waals surface area (Å²) in [6.45, 7) is 2.41. The molecule has 78 valence electrons. The van der Waals surface area contributed by atoms with E-state index >= 15 is 0 Å². The maximum absolute atomic E-state index is 11.0. The number of benzene rings is 1. The number of carbonyl (C=O) groups is 1. The second kappa shape index (κ2) is 3.61. The zero-order chi connectivity index (χ0) is 10.8. The van der Waals surface area contributed by atoms with Gasteiger partial charge < -0.3 is 10.6 Å². The summed E-state index contributed by atoms with van der Waals surface area (Å²) in [6, 6.07) is 5.05. The number of primary amides is 1. The van der Waals surface area contributed by atoms with Gasteiger partial charge in [-0.05, 0) is 25.1 Å². The average Bonchev–Trinajstić information content (AvgIpc) is 2.61. The van der Waals surface area contributed by atoms with Gasteiger partial charge in [0.15, 0.2) is 0 Å². The molecule has 0 bridgehead atoms. The van der Waals surface area contributed by atoms with Crippen LogP contribution in [0.15, 0.2) is 24.5 Å². The van der Waals surface area contributed by atoms with Gasteiger partial charge in [0, 0.05) is 5.56 Å². The molecular formula is C10H11N3O2. The average molecular weight is 205 g/mol. The minimum absolute atomic E-state index is 0.448. The van der Waals surface area contributed by atoms with Crippen LogP contribution in [0.2, 0.25) is 0 Å². The molecule has 5 nitrogen and oxygen atoms in total. The molecule has 0 aliphatic rings. The topological polar surface area (TPSA) is 70.1 Å². The summed E-state index contributed by atoms with van der Waals surface area (Å²) in [7, 11) is 0. The fourth-order valence-electron chi connectivity index (χ4n) is 1.38. The van der Waals surface area contributed by atoms with Crippen LogP contribution in [0.1, 0.15) is 17.3 Å². The Labute approximate surface area is 86.4 Å². The monoisotopic (exact) mass is 205 g/mol. The first-order valence-electron chi connectivity index (χ1n) is 4.62. The van der Waals surface area contributed by atoms with Gasteiger partial charge in [-0.1, -0.05) is 0 Å². The number of nitrogens with two attached hydrogens (primary N) is 1. The quantitative estimate of drug-likeness (QED) is 0.796. The Morgan fingerprint density at radius 2 is 2.40 bits per heavy atom. The summed E-state index contributed by atoms with van der Waals surface area (Å²) >= 11 is 0. The molecule has 0 radical (unpaired) electrons. The predicted octanol–water partition coefficient (Wildman–Crippen LogP) is 0.584. The highest BCUT2D eigenvalue weighted by atomic mass is 16.7. The Morgan fingerprint density at radius 3 is 3.07 bits per heavy atom. The summed E-state index contributed by atoms with van der Waals surface area (Å²) in [5.41, 5.74) is 7.15. The van der Waals surface area contributed by atoms with Crippen molar-refractivity contribution in [3.05, 3.63) is 30.1 Å². The predicted molar refractivity (Wildman–Crippen MR) is 55.4 cm³/mol. The summed E-state index contributed by atoms with van der Waals surface area (Å²) in [6.07, 6.45) is 1.57. The van der Waals surface area contributed by atoms with E-state index in [1.54, 1.807) is 24.5 Å². The second-order valence-electron chi connectivity index (χ2n) is 3.06. The van der Waals surface area contributed by atoms with Gasteiger partial charge in [0.1, 0.15) is 18.5 Å². The molecule has 1 heterocycles. The second-order valence-corrected chi connectivity index (χ2v) is 3.06. The van der Waals surface area contributed by atoms with Crippen LogP contribution in [-0.4, -0.2) is 22.2 Å². The first-order chi connectivity index (χ1) is 7.22. The highest BCUT2D eigenvalue weighted by molar-refractivity contribution is 5.96. The molecule has 0 aliphatic heterocycles. The maximum Gasteiger partial charge on any atom is 0.248 e. The molecule has 5 heteroatoms. The van der Waals surface area contributed by atoms with E-state index in [-0.39, 0.29) is 0 Å². The Morgan fingerprint density at radius 1 is 1.60 bits per heavy atom. The lowest BCUT2D eigenvalue weighted by atomic mass is 10.2. The molecule has 0 spiro atoms. The van der Waals surface area contributed by atoms with Crippen molar-refractivity contribution in [2.75, 3.05) is 6.61 Å². The third-order valence-corrected chi connectivity index (χ3v) is 2.07.